The van der Waals surface area contributed by atoms with Crippen molar-refractivity contribution in [3.63, 3.8) is 0 Å². The lowest BCUT2D eigenvalue weighted by atomic mass is 10.2. The zero-order valence-electron chi connectivity index (χ0n) is 9.44. The molecular formula is C11H8F3N5. The topological polar surface area (TPSA) is 93.6 Å². The SMILES string of the molecule is N#Cc1c(N)nn(-c2ccc(C(F)(F)F)cc2)c1N. The van der Waals surface area contributed by atoms with E-state index in [1.165, 1.54) is 12.1 Å². The Hall–Kier alpha value is -2.69. The Labute approximate surface area is 105 Å². The van der Waals surface area contributed by atoms with Gasteiger partial charge in [-0.3, -0.25) is 0 Å². The smallest absolute Gasteiger partial charge is 0.382 e. The van der Waals surface area contributed by atoms with E-state index < -0.39 is 11.7 Å². The van der Waals surface area contributed by atoms with Gasteiger partial charge in [0.05, 0.1) is 11.3 Å². The average molecular weight is 267 g/mol. The molecule has 1 heterocycles. The van der Waals surface area contributed by atoms with Gasteiger partial charge in [0, 0.05) is 0 Å². The molecule has 4 N–H and O–H groups in total. The maximum absolute atomic E-state index is 12.4. The zero-order valence-corrected chi connectivity index (χ0v) is 9.44. The first kappa shape index (κ1) is 12.8. The number of aromatic nitrogens is 2. The predicted molar refractivity (Wildman–Crippen MR) is 62.1 cm³/mol. The van der Waals surface area contributed by atoms with Crippen molar-refractivity contribution in [3.05, 3.63) is 35.4 Å². The van der Waals surface area contributed by atoms with Crippen molar-refractivity contribution in [2.75, 3.05) is 11.5 Å². The largest absolute Gasteiger partial charge is 0.416 e. The Morgan fingerprint density at radius 2 is 1.74 bits per heavy atom. The van der Waals surface area contributed by atoms with E-state index in [0.717, 1.165) is 16.8 Å². The predicted octanol–water partition coefficient (Wildman–Crippen LogP) is 1.93. The quantitative estimate of drug-likeness (QED) is 0.825. The molecule has 0 aliphatic heterocycles. The van der Waals surface area contributed by atoms with Crippen LogP contribution in [0.4, 0.5) is 24.8 Å². The summed E-state index contributed by atoms with van der Waals surface area (Å²) in [5, 5.41) is 12.6. The van der Waals surface area contributed by atoms with Crippen LogP contribution in [0.15, 0.2) is 24.3 Å². The van der Waals surface area contributed by atoms with E-state index in [4.69, 9.17) is 16.7 Å². The molecule has 0 saturated heterocycles. The number of halogens is 3. The molecule has 2 rings (SSSR count). The van der Waals surface area contributed by atoms with Gasteiger partial charge in [-0.05, 0) is 24.3 Å². The lowest BCUT2D eigenvalue weighted by Crippen LogP contribution is -2.06. The molecule has 0 bridgehead atoms. The molecule has 2 aromatic rings. The number of nitrogens with zero attached hydrogens (tertiary/aromatic N) is 3. The third-order valence-electron chi connectivity index (χ3n) is 2.50. The number of hydrogen-bond acceptors (Lipinski definition) is 4. The van der Waals surface area contributed by atoms with Gasteiger partial charge in [-0.25, -0.2) is 4.68 Å². The molecule has 0 atom stereocenters. The molecule has 8 heteroatoms. The van der Waals surface area contributed by atoms with E-state index in [1.54, 1.807) is 6.07 Å². The van der Waals surface area contributed by atoms with Crippen molar-refractivity contribution in [2.24, 2.45) is 0 Å². The molecule has 1 aromatic heterocycles. The molecule has 0 aliphatic rings. The lowest BCUT2D eigenvalue weighted by Gasteiger charge is -2.08. The van der Waals surface area contributed by atoms with Crippen LogP contribution in [0, 0.1) is 11.3 Å². The second-order valence-electron chi connectivity index (χ2n) is 3.71. The van der Waals surface area contributed by atoms with Gasteiger partial charge in [-0.2, -0.15) is 18.4 Å². The van der Waals surface area contributed by atoms with Crippen LogP contribution < -0.4 is 11.5 Å². The molecular weight excluding hydrogens is 259 g/mol. The van der Waals surface area contributed by atoms with Crippen molar-refractivity contribution < 1.29 is 13.2 Å². The van der Waals surface area contributed by atoms with Gasteiger partial charge in [-0.15, -0.1) is 5.10 Å². The van der Waals surface area contributed by atoms with Crippen LogP contribution in [0.5, 0.6) is 0 Å². The molecule has 0 unspecified atom stereocenters. The molecule has 98 valence electrons. The number of nitrogens with two attached hydrogens (primary N) is 2. The molecule has 0 aliphatic carbocycles. The lowest BCUT2D eigenvalue weighted by molar-refractivity contribution is -0.137. The first-order valence-electron chi connectivity index (χ1n) is 5.06. The maximum Gasteiger partial charge on any atom is 0.416 e. The first-order chi connectivity index (χ1) is 8.84. The highest BCUT2D eigenvalue weighted by Gasteiger charge is 2.30. The fourth-order valence-electron chi connectivity index (χ4n) is 1.55. The number of hydrogen-bond donors (Lipinski definition) is 2. The summed E-state index contributed by atoms with van der Waals surface area (Å²) < 4.78 is 38.4. The summed E-state index contributed by atoms with van der Waals surface area (Å²) in [5.74, 6) is -0.0837. The third-order valence-corrected chi connectivity index (χ3v) is 2.50. The van der Waals surface area contributed by atoms with Crippen LogP contribution in [-0.2, 0) is 6.18 Å². The fourth-order valence-corrected chi connectivity index (χ4v) is 1.55. The van der Waals surface area contributed by atoms with Gasteiger partial charge in [0.15, 0.2) is 5.82 Å². The van der Waals surface area contributed by atoms with E-state index in [2.05, 4.69) is 5.10 Å². The van der Waals surface area contributed by atoms with Crippen LogP contribution in [0.3, 0.4) is 0 Å². The molecule has 0 saturated carbocycles. The highest BCUT2D eigenvalue weighted by molar-refractivity contribution is 5.64. The minimum atomic E-state index is -4.41. The minimum absolute atomic E-state index is 0.0000945. The number of nitrogen functional groups attached to an aromatic ring is 2. The normalized spacial score (nSPS) is 11.3. The first-order valence-corrected chi connectivity index (χ1v) is 5.06. The Bertz CT molecular complexity index is 649. The van der Waals surface area contributed by atoms with E-state index in [1.807, 2.05) is 0 Å². The number of nitriles is 1. The highest BCUT2D eigenvalue weighted by Crippen LogP contribution is 2.30. The second-order valence-corrected chi connectivity index (χ2v) is 3.71. The summed E-state index contributed by atoms with van der Waals surface area (Å²) in [6.07, 6.45) is -4.41. The van der Waals surface area contributed by atoms with E-state index in [0.29, 0.717) is 5.69 Å². The minimum Gasteiger partial charge on any atom is -0.382 e. The summed E-state index contributed by atoms with van der Waals surface area (Å²) in [7, 11) is 0. The summed E-state index contributed by atoms with van der Waals surface area (Å²) in [6.45, 7) is 0. The van der Waals surface area contributed by atoms with Crippen molar-refractivity contribution in [1.82, 2.24) is 9.78 Å². The Morgan fingerprint density at radius 3 is 2.16 bits per heavy atom. The van der Waals surface area contributed by atoms with Gasteiger partial charge in [0.1, 0.15) is 17.5 Å². The molecule has 0 radical (unpaired) electrons. The van der Waals surface area contributed by atoms with Crippen LogP contribution in [-0.4, -0.2) is 9.78 Å². The average Bonchev–Trinajstić information content (AvgIpc) is 2.63. The molecule has 19 heavy (non-hydrogen) atoms. The highest BCUT2D eigenvalue weighted by atomic mass is 19.4. The van der Waals surface area contributed by atoms with Crippen LogP contribution >= 0.6 is 0 Å². The molecule has 0 fully saturated rings. The van der Waals surface area contributed by atoms with E-state index in [9.17, 15) is 13.2 Å². The number of benzene rings is 1. The summed E-state index contributed by atoms with van der Waals surface area (Å²) >= 11 is 0. The zero-order chi connectivity index (χ0) is 14.2. The van der Waals surface area contributed by atoms with Crippen LogP contribution in [0.1, 0.15) is 11.1 Å². The van der Waals surface area contributed by atoms with Gasteiger partial charge in [0.2, 0.25) is 0 Å². The summed E-state index contributed by atoms with van der Waals surface area (Å²) in [4.78, 5) is 0. The summed E-state index contributed by atoms with van der Waals surface area (Å²) in [6, 6.07) is 5.98. The molecule has 0 amide bonds. The third kappa shape index (κ3) is 2.18. The number of rotatable bonds is 1. The Kier molecular flexibility index (Phi) is 2.82. The van der Waals surface area contributed by atoms with E-state index >= 15 is 0 Å². The number of anilines is 2. The maximum atomic E-state index is 12.4. The second kappa shape index (κ2) is 4.20. The standard InChI is InChI=1S/C11H8F3N5/c12-11(13,14)6-1-3-7(4-2-6)19-10(17)8(5-15)9(16)18-19/h1-4H,17H2,(H2,16,18). The van der Waals surface area contributed by atoms with E-state index in [-0.39, 0.29) is 17.2 Å². The van der Waals surface area contributed by atoms with Crippen LogP contribution in [0.25, 0.3) is 5.69 Å². The van der Waals surface area contributed by atoms with Crippen LogP contribution in [0.2, 0.25) is 0 Å². The van der Waals surface area contributed by atoms with Gasteiger partial charge < -0.3 is 11.5 Å². The van der Waals surface area contributed by atoms with Crippen molar-refractivity contribution in [2.45, 2.75) is 6.18 Å². The number of alkyl halides is 3. The fraction of sp³-hybridized carbons (Fsp3) is 0.0909. The molecule has 0 spiro atoms. The van der Waals surface area contributed by atoms with Gasteiger partial charge >= 0.3 is 6.18 Å². The molecule has 5 nitrogen and oxygen atoms in total. The molecule has 1 aromatic carbocycles. The van der Waals surface area contributed by atoms with Crippen molar-refractivity contribution in [3.8, 4) is 11.8 Å². The van der Waals surface area contributed by atoms with Gasteiger partial charge in [-0.1, -0.05) is 0 Å². The monoisotopic (exact) mass is 267 g/mol. The van der Waals surface area contributed by atoms with Gasteiger partial charge in [0.25, 0.3) is 0 Å². The van der Waals surface area contributed by atoms with Crippen molar-refractivity contribution in [1.29, 1.82) is 5.26 Å². The Morgan fingerprint density at radius 1 is 1.16 bits per heavy atom. The summed E-state index contributed by atoms with van der Waals surface area (Å²) in [5.41, 5.74) is 10.6. The Balaban J connectivity index is 2.47. The van der Waals surface area contributed by atoms with Crippen molar-refractivity contribution >= 4 is 11.6 Å².